The lowest BCUT2D eigenvalue weighted by Crippen LogP contribution is -2.27. The monoisotopic (exact) mass is 262 g/mol. The zero-order valence-electron chi connectivity index (χ0n) is 10.9. The first-order chi connectivity index (χ1) is 9.19. The molecular weight excluding hydrogens is 244 g/mol. The quantitative estimate of drug-likeness (QED) is 0.752. The van der Waals surface area contributed by atoms with Crippen molar-refractivity contribution in [2.75, 3.05) is 13.1 Å². The number of hydrogen-bond acceptors (Lipinski definition) is 4. The number of amides is 1. The van der Waals surface area contributed by atoms with Crippen molar-refractivity contribution >= 4 is 5.91 Å². The summed E-state index contributed by atoms with van der Waals surface area (Å²) in [7, 11) is 0. The van der Waals surface area contributed by atoms with Gasteiger partial charge in [0.05, 0.1) is 19.1 Å². The number of nitrogens with zero attached hydrogens (tertiary/aromatic N) is 4. The summed E-state index contributed by atoms with van der Waals surface area (Å²) in [6, 6.07) is 0. The SMILES string of the molecule is Cc1cnn(CCNC(=O)c2cn(CCN)cn2)c1. The van der Waals surface area contributed by atoms with Crippen LogP contribution in [-0.2, 0) is 13.1 Å². The molecule has 0 saturated carbocycles. The van der Waals surface area contributed by atoms with E-state index in [-0.39, 0.29) is 5.91 Å². The van der Waals surface area contributed by atoms with E-state index in [0.29, 0.717) is 31.9 Å². The van der Waals surface area contributed by atoms with Gasteiger partial charge in [-0.2, -0.15) is 5.10 Å². The minimum Gasteiger partial charge on any atom is -0.349 e. The highest BCUT2D eigenvalue weighted by atomic mass is 16.1. The number of aryl methyl sites for hydroxylation is 1. The fourth-order valence-corrected chi connectivity index (χ4v) is 1.71. The fraction of sp³-hybridized carbons (Fsp3) is 0.417. The Balaban J connectivity index is 1.80. The molecule has 1 amide bonds. The second-order valence-electron chi connectivity index (χ2n) is 4.32. The Morgan fingerprint density at radius 3 is 2.95 bits per heavy atom. The van der Waals surface area contributed by atoms with Gasteiger partial charge in [-0.3, -0.25) is 9.48 Å². The predicted octanol–water partition coefficient (Wildman–Crippen LogP) is -0.223. The molecule has 7 nitrogen and oxygen atoms in total. The Morgan fingerprint density at radius 2 is 2.26 bits per heavy atom. The second-order valence-corrected chi connectivity index (χ2v) is 4.32. The number of aromatic nitrogens is 4. The maximum absolute atomic E-state index is 11.8. The van der Waals surface area contributed by atoms with Gasteiger partial charge in [0.1, 0.15) is 5.69 Å². The summed E-state index contributed by atoms with van der Waals surface area (Å²) in [4.78, 5) is 15.8. The highest BCUT2D eigenvalue weighted by Crippen LogP contribution is 1.96. The van der Waals surface area contributed by atoms with Crippen molar-refractivity contribution in [3.63, 3.8) is 0 Å². The molecular formula is C12H18N6O. The van der Waals surface area contributed by atoms with Crippen LogP contribution in [0.5, 0.6) is 0 Å². The number of carbonyl (C=O) groups excluding carboxylic acids is 1. The second kappa shape index (κ2) is 6.14. The molecule has 7 heteroatoms. The number of nitrogens with one attached hydrogen (secondary N) is 1. The van der Waals surface area contributed by atoms with Crippen molar-refractivity contribution in [1.29, 1.82) is 0 Å². The van der Waals surface area contributed by atoms with Gasteiger partial charge in [-0.25, -0.2) is 4.98 Å². The van der Waals surface area contributed by atoms with Crippen LogP contribution >= 0.6 is 0 Å². The Hall–Kier alpha value is -2.15. The van der Waals surface area contributed by atoms with Crippen molar-refractivity contribution < 1.29 is 4.79 Å². The van der Waals surface area contributed by atoms with Crippen LogP contribution in [0.25, 0.3) is 0 Å². The van der Waals surface area contributed by atoms with E-state index in [4.69, 9.17) is 5.73 Å². The van der Waals surface area contributed by atoms with Crippen molar-refractivity contribution in [2.24, 2.45) is 5.73 Å². The van der Waals surface area contributed by atoms with Gasteiger partial charge in [-0.1, -0.05) is 0 Å². The van der Waals surface area contributed by atoms with Crippen molar-refractivity contribution in [3.8, 4) is 0 Å². The van der Waals surface area contributed by atoms with Crippen LogP contribution in [0.3, 0.4) is 0 Å². The van der Waals surface area contributed by atoms with E-state index in [9.17, 15) is 4.79 Å². The van der Waals surface area contributed by atoms with Gasteiger partial charge in [0.15, 0.2) is 0 Å². The predicted molar refractivity (Wildman–Crippen MR) is 70.6 cm³/mol. The minimum atomic E-state index is -0.181. The maximum atomic E-state index is 11.8. The largest absolute Gasteiger partial charge is 0.349 e. The summed E-state index contributed by atoms with van der Waals surface area (Å²) in [5.74, 6) is -0.181. The van der Waals surface area contributed by atoms with Crippen LogP contribution in [-0.4, -0.2) is 38.3 Å². The molecule has 0 atom stereocenters. The number of hydrogen-bond donors (Lipinski definition) is 2. The molecule has 2 aromatic rings. The number of rotatable bonds is 6. The summed E-state index contributed by atoms with van der Waals surface area (Å²) in [6.07, 6.45) is 7.03. The molecule has 3 N–H and O–H groups in total. The molecule has 102 valence electrons. The Labute approximate surface area is 111 Å². The lowest BCUT2D eigenvalue weighted by atomic mass is 10.4. The summed E-state index contributed by atoms with van der Waals surface area (Å²) >= 11 is 0. The zero-order valence-corrected chi connectivity index (χ0v) is 10.9. The van der Waals surface area contributed by atoms with Crippen molar-refractivity contribution in [2.45, 2.75) is 20.0 Å². The summed E-state index contributed by atoms with van der Waals surface area (Å²) in [6.45, 7) is 4.32. The molecule has 0 radical (unpaired) electrons. The molecule has 0 aliphatic heterocycles. The number of carbonyl (C=O) groups is 1. The molecule has 19 heavy (non-hydrogen) atoms. The lowest BCUT2D eigenvalue weighted by Gasteiger charge is -2.03. The van der Waals surface area contributed by atoms with E-state index in [1.165, 1.54) is 0 Å². The van der Waals surface area contributed by atoms with Crippen LogP contribution in [0, 0.1) is 6.92 Å². The van der Waals surface area contributed by atoms with Crippen LogP contribution in [0.2, 0.25) is 0 Å². The average molecular weight is 262 g/mol. The third kappa shape index (κ3) is 3.65. The van der Waals surface area contributed by atoms with Gasteiger partial charge >= 0.3 is 0 Å². The Morgan fingerprint density at radius 1 is 1.42 bits per heavy atom. The standard InChI is InChI=1S/C12H18N6O/c1-10-6-16-18(7-10)5-3-14-12(19)11-8-17(4-2-13)9-15-11/h6-9H,2-5,13H2,1H3,(H,14,19). The molecule has 2 heterocycles. The van der Waals surface area contributed by atoms with Gasteiger partial charge in [0.2, 0.25) is 0 Å². The molecule has 2 aromatic heterocycles. The molecule has 0 aliphatic rings. The highest BCUT2D eigenvalue weighted by Gasteiger charge is 2.08. The molecule has 0 aromatic carbocycles. The van der Waals surface area contributed by atoms with E-state index in [2.05, 4.69) is 15.4 Å². The van der Waals surface area contributed by atoms with E-state index in [0.717, 1.165) is 5.56 Å². The zero-order chi connectivity index (χ0) is 13.7. The van der Waals surface area contributed by atoms with Gasteiger partial charge in [0.25, 0.3) is 5.91 Å². The highest BCUT2D eigenvalue weighted by molar-refractivity contribution is 5.91. The van der Waals surface area contributed by atoms with Gasteiger partial charge < -0.3 is 15.6 Å². The molecule has 0 fully saturated rings. The maximum Gasteiger partial charge on any atom is 0.271 e. The van der Waals surface area contributed by atoms with Crippen molar-refractivity contribution in [1.82, 2.24) is 24.6 Å². The third-order valence-electron chi connectivity index (χ3n) is 2.64. The van der Waals surface area contributed by atoms with Gasteiger partial charge in [0, 0.05) is 32.0 Å². The van der Waals surface area contributed by atoms with E-state index < -0.39 is 0 Å². The molecule has 2 rings (SSSR count). The van der Waals surface area contributed by atoms with E-state index in [1.807, 2.05) is 13.1 Å². The van der Waals surface area contributed by atoms with E-state index in [1.54, 1.807) is 28.0 Å². The van der Waals surface area contributed by atoms with Crippen LogP contribution in [0.1, 0.15) is 16.1 Å². The molecule has 0 spiro atoms. The van der Waals surface area contributed by atoms with Crippen LogP contribution in [0.4, 0.5) is 0 Å². The summed E-state index contributed by atoms with van der Waals surface area (Å²) < 4.78 is 3.59. The summed E-state index contributed by atoms with van der Waals surface area (Å²) in [5.41, 5.74) is 6.94. The first-order valence-electron chi connectivity index (χ1n) is 6.18. The first kappa shape index (κ1) is 13.3. The Bertz CT molecular complexity index is 544. The molecule has 0 aliphatic carbocycles. The third-order valence-corrected chi connectivity index (χ3v) is 2.64. The topological polar surface area (TPSA) is 90.8 Å². The Kier molecular flexibility index (Phi) is 4.30. The normalized spacial score (nSPS) is 10.6. The van der Waals surface area contributed by atoms with Crippen LogP contribution in [0.15, 0.2) is 24.9 Å². The lowest BCUT2D eigenvalue weighted by molar-refractivity contribution is 0.0947. The molecule has 0 saturated heterocycles. The fourth-order valence-electron chi connectivity index (χ4n) is 1.71. The smallest absolute Gasteiger partial charge is 0.271 e. The van der Waals surface area contributed by atoms with E-state index >= 15 is 0 Å². The molecule has 0 unspecified atom stereocenters. The van der Waals surface area contributed by atoms with Crippen molar-refractivity contribution in [3.05, 3.63) is 36.2 Å². The summed E-state index contributed by atoms with van der Waals surface area (Å²) in [5, 5.41) is 6.95. The first-order valence-corrected chi connectivity index (χ1v) is 6.18. The van der Waals surface area contributed by atoms with Gasteiger partial charge in [-0.15, -0.1) is 0 Å². The molecule has 0 bridgehead atoms. The van der Waals surface area contributed by atoms with Crippen LogP contribution < -0.4 is 11.1 Å². The number of imidazole rings is 1. The number of nitrogens with two attached hydrogens (primary N) is 1. The van der Waals surface area contributed by atoms with Gasteiger partial charge in [-0.05, 0) is 12.5 Å². The minimum absolute atomic E-state index is 0.181. The average Bonchev–Trinajstić information content (AvgIpc) is 2.99.